The third-order valence-electron chi connectivity index (χ3n) is 5.28. The van der Waals surface area contributed by atoms with Gasteiger partial charge in [-0.05, 0) is 32.9 Å². The van der Waals surface area contributed by atoms with E-state index in [0.29, 0.717) is 11.5 Å². The number of carbonyl (C=O) groups excluding carboxylic acids is 1. The first-order chi connectivity index (χ1) is 13.8. The Morgan fingerprint density at radius 1 is 1.21 bits per heavy atom. The van der Waals surface area contributed by atoms with Crippen LogP contribution in [0.1, 0.15) is 25.6 Å². The van der Waals surface area contributed by atoms with Crippen molar-refractivity contribution in [2.75, 3.05) is 7.11 Å². The molecule has 0 unspecified atom stereocenters. The number of rotatable bonds is 4. The van der Waals surface area contributed by atoms with Crippen LogP contribution in [0.15, 0.2) is 40.1 Å². The van der Waals surface area contributed by atoms with Crippen LogP contribution in [0.4, 0.5) is 0 Å². The van der Waals surface area contributed by atoms with E-state index in [4.69, 9.17) is 4.74 Å². The molecule has 0 bridgehead atoms. The molecule has 4 aromatic rings. The zero-order chi connectivity index (χ0) is 21.0. The molecular weight excluding hydrogens is 374 g/mol. The van der Waals surface area contributed by atoms with E-state index in [2.05, 4.69) is 4.98 Å². The molecule has 0 aliphatic heterocycles. The minimum atomic E-state index is -0.867. The molecule has 0 aliphatic carbocycles. The number of ether oxygens (including phenoxy) is 1. The van der Waals surface area contributed by atoms with Crippen LogP contribution in [0.3, 0.4) is 0 Å². The molecule has 4 rings (SSSR count). The van der Waals surface area contributed by atoms with Crippen molar-refractivity contribution in [3.63, 3.8) is 0 Å². The summed E-state index contributed by atoms with van der Waals surface area (Å²) in [5.41, 5.74) is 0.971. The molecular formula is C20H21N5O4. The number of para-hydroxylation sites is 2. The number of aryl methyl sites for hydroxylation is 2. The smallest absolute Gasteiger partial charge is 0.333 e. The van der Waals surface area contributed by atoms with Crippen molar-refractivity contribution in [3.8, 4) is 11.4 Å². The number of Topliss-reactive ketones (excluding diaryl/α,β-unsaturated/α-hetero) is 1. The first-order valence-corrected chi connectivity index (χ1v) is 9.13. The van der Waals surface area contributed by atoms with Gasteiger partial charge in [0.05, 0.1) is 18.8 Å². The maximum Gasteiger partial charge on any atom is 0.333 e. The van der Waals surface area contributed by atoms with Crippen molar-refractivity contribution in [2.45, 2.75) is 26.8 Å². The van der Waals surface area contributed by atoms with Crippen LogP contribution in [0.2, 0.25) is 0 Å². The summed E-state index contributed by atoms with van der Waals surface area (Å²) in [6, 6.07) is 6.61. The summed E-state index contributed by atoms with van der Waals surface area (Å²) in [5.74, 6) is 0.853. The van der Waals surface area contributed by atoms with Crippen LogP contribution in [-0.2, 0) is 11.8 Å². The number of hydrogen-bond donors (Lipinski definition) is 0. The zero-order valence-corrected chi connectivity index (χ0v) is 16.8. The van der Waals surface area contributed by atoms with Gasteiger partial charge in [-0.2, -0.15) is 4.98 Å². The third kappa shape index (κ3) is 2.54. The van der Waals surface area contributed by atoms with Gasteiger partial charge >= 0.3 is 5.69 Å². The molecule has 9 nitrogen and oxygen atoms in total. The predicted molar refractivity (Wildman–Crippen MR) is 108 cm³/mol. The van der Waals surface area contributed by atoms with E-state index in [0.717, 1.165) is 15.9 Å². The molecule has 29 heavy (non-hydrogen) atoms. The van der Waals surface area contributed by atoms with E-state index in [9.17, 15) is 14.4 Å². The zero-order valence-electron chi connectivity index (χ0n) is 16.8. The molecule has 1 aromatic carbocycles. The Balaban J connectivity index is 2.16. The molecule has 3 aromatic heterocycles. The van der Waals surface area contributed by atoms with Crippen LogP contribution in [0.5, 0.6) is 5.75 Å². The van der Waals surface area contributed by atoms with Gasteiger partial charge in [0.25, 0.3) is 5.56 Å². The maximum atomic E-state index is 13.2. The Morgan fingerprint density at radius 2 is 1.90 bits per heavy atom. The Kier molecular flexibility index (Phi) is 4.18. The summed E-state index contributed by atoms with van der Waals surface area (Å²) in [4.78, 5) is 42.4. The lowest BCUT2D eigenvalue weighted by Gasteiger charge is -2.12. The average Bonchev–Trinajstić information content (AvgIpc) is 3.20. The molecule has 9 heteroatoms. The highest BCUT2D eigenvalue weighted by molar-refractivity contribution is 5.81. The second kappa shape index (κ2) is 6.47. The normalized spacial score (nSPS) is 12.6. The van der Waals surface area contributed by atoms with E-state index in [1.54, 1.807) is 31.7 Å². The Labute approximate surface area is 165 Å². The molecule has 0 radical (unpaired) electrons. The summed E-state index contributed by atoms with van der Waals surface area (Å²) in [7, 11) is 3.13. The molecule has 3 heterocycles. The number of methoxy groups -OCH3 is 1. The van der Waals surface area contributed by atoms with E-state index in [1.165, 1.54) is 11.5 Å². The Morgan fingerprint density at radius 3 is 2.55 bits per heavy atom. The van der Waals surface area contributed by atoms with Gasteiger partial charge in [0.15, 0.2) is 16.9 Å². The molecule has 0 spiro atoms. The van der Waals surface area contributed by atoms with Gasteiger partial charge in [0.2, 0.25) is 5.78 Å². The number of fused-ring (bicyclic) bond motifs is 3. The van der Waals surface area contributed by atoms with Gasteiger partial charge in [-0.3, -0.25) is 23.1 Å². The number of carbonyl (C=O) groups is 1. The van der Waals surface area contributed by atoms with Crippen molar-refractivity contribution in [1.29, 1.82) is 0 Å². The summed E-state index contributed by atoms with van der Waals surface area (Å²) in [5, 5.41) is 0. The fourth-order valence-electron chi connectivity index (χ4n) is 3.61. The highest BCUT2D eigenvalue weighted by Gasteiger charge is 2.24. The van der Waals surface area contributed by atoms with Crippen molar-refractivity contribution >= 4 is 22.7 Å². The van der Waals surface area contributed by atoms with Gasteiger partial charge in [-0.25, -0.2) is 9.36 Å². The Hall–Kier alpha value is -3.62. The summed E-state index contributed by atoms with van der Waals surface area (Å²) in [6.07, 6.45) is 1.78. The molecule has 0 aliphatic rings. The molecule has 0 N–H and O–H groups in total. The molecule has 0 amide bonds. The van der Waals surface area contributed by atoms with Crippen LogP contribution in [0, 0.1) is 6.92 Å². The number of imidazole rings is 2. The number of aromatic nitrogens is 5. The van der Waals surface area contributed by atoms with Gasteiger partial charge < -0.3 is 4.74 Å². The summed E-state index contributed by atoms with van der Waals surface area (Å²) < 4.78 is 11.3. The van der Waals surface area contributed by atoms with Crippen LogP contribution >= 0.6 is 0 Å². The largest absolute Gasteiger partial charge is 0.495 e. The molecule has 1 atom stereocenters. The van der Waals surface area contributed by atoms with Gasteiger partial charge in [-0.15, -0.1) is 0 Å². The van der Waals surface area contributed by atoms with Crippen LogP contribution < -0.4 is 16.0 Å². The summed E-state index contributed by atoms with van der Waals surface area (Å²) >= 11 is 0. The quantitative estimate of drug-likeness (QED) is 0.523. The topological polar surface area (TPSA) is 92.5 Å². The molecule has 0 saturated carbocycles. The number of hydrogen-bond acceptors (Lipinski definition) is 5. The number of benzene rings is 1. The minimum absolute atomic E-state index is 0.243. The fraction of sp³-hybridized carbons (Fsp3) is 0.300. The second-order valence-electron chi connectivity index (χ2n) is 7.04. The highest BCUT2D eigenvalue weighted by atomic mass is 16.5. The Bertz CT molecular complexity index is 1400. The lowest BCUT2D eigenvalue weighted by atomic mass is 10.2. The van der Waals surface area contributed by atoms with Crippen molar-refractivity contribution in [2.24, 2.45) is 7.05 Å². The van der Waals surface area contributed by atoms with Gasteiger partial charge in [-0.1, -0.05) is 12.1 Å². The van der Waals surface area contributed by atoms with Crippen LogP contribution in [0.25, 0.3) is 22.6 Å². The lowest BCUT2D eigenvalue weighted by Crippen LogP contribution is -2.42. The number of ketones is 1. The predicted octanol–water partition coefficient (Wildman–Crippen LogP) is 1.61. The fourth-order valence-corrected chi connectivity index (χ4v) is 3.61. The highest BCUT2D eigenvalue weighted by Crippen LogP contribution is 2.27. The molecule has 0 fully saturated rings. The maximum absolute atomic E-state index is 13.2. The van der Waals surface area contributed by atoms with Crippen LogP contribution in [-0.4, -0.2) is 36.0 Å². The van der Waals surface area contributed by atoms with Crippen molar-refractivity contribution in [1.82, 2.24) is 23.1 Å². The van der Waals surface area contributed by atoms with E-state index < -0.39 is 17.3 Å². The molecule has 150 valence electrons. The van der Waals surface area contributed by atoms with E-state index in [-0.39, 0.29) is 16.9 Å². The minimum Gasteiger partial charge on any atom is -0.495 e. The lowest BCUT2D eigenvalue weighted by molar-refractivity contribution is -0.119. The summed E-state index contributed by atoms with van der Waals surface area (Å²) in [6.45, 7) is 4.79. The van der Waals surface area contributed by atoms with Crippen molar-refractivity contribution < 1.29 is 9.53 Å². The standard InChI is InChI=1S/C20H21N5O4/c1-11-10-23-16-17(22(4)20(28)25(18(16)27)12(2)13(3)26)21-19(23)24(11)14-8-6-7-9-15(14)29-5/h6-10,12H,1-5H3/t12-/m0/s1. The number of nitrogens with zero attached hydrogens (tertiary/aromatic N) is 5. The van der Waals surface area contributed by atoms with Gasteiger partial charge in [0, 0.05) is 18.9 Å². The van der Waals surface area contributed by atoms with Gasteiger partial charge in [0.1, 0.15) is 5.75 Å². The SMILES string of the molecule is COc1ccccc1-n1c(C)cn2c3c(=O)n([C@@H](C)C(C)=O)c(=O)n(C)c3nc12. The molecule has 0 saturated heterocycles. The van der Waals surface area contributed by atoms with Crippen molar-refractivity contribution in [3.05, 3.63) is 57.0 Å². The first kappa shape index (κ1) is 18.7. The third-order valence-corrected chi connectivity index (χ3v) is 5.28. The second-order valence-corrected chi connectivity index (χ2v) is 7.04. The average molecular weight is 395 g/mol. The first-order valence-electron chi connectivity index (χ1n) is 9.13. The van der Waals surface area contributed by atoms with E-state index in [1.807, 2.05) is 35.8 Å². The van der Waals surface area contributed by atoms with E-state index >= 15 is 0 Å². The monoisotopic (exact) mass is 395 g/mol.